The van der Waals surface area contributed by atoms with Gasteiger partial charge in [0, 0.05) is 55.6 Å². The largest absolute Gasteiger partial charge is 0.364 e. The molecule has 1 saturated carbocycles. The molecule has 0 unspecified atom stereocenters. The van der Waals surface area contributed by atoms with Gasteiger partial charge in [0.25, 0.3) is 5.91 Å². The Kier molecular flexibility index (Phi) is 4.11. The Labute approximate surface area is 168 Å². The zero-order valence-electron chi connectivity index (χ0n) is 16.5. The Bertz CT molecular complexity index is 1030. The molecule has 2 N–H and O–H groups in total. The first-order chi connectivity index (χ1) is 14.0. The van der Waals surface area contributed by atoms with Crippen molar-refractivity contribution in [3.8, 4) is 0 Å². The van der Waals surface area contributed by atoms with Gasteiger partial charge in [0.2, 0.25) is 5.91 Å². The highest BCUT2D eigenvalue weighted by Crippen LogP contribution is 2.45. The number of amides is 2. The SMILES string of the molecule is Cc1cc(=O)c(C(=O)N2CCC3(CC2)c2nc[nH]c2CCN3C(=O)C2CC2)c[nH]1. The number of aryl methyl sites for hydroxylation is 1. The number of fused-ring (bicyclic) bond motifs is 2. The number of rotatable bonds is 2. The Morgan fingerprint density at radius 1 is 1.17 bits per heavy atom. The third kappa shape index (κ3) is 2.89. The Morgan fingerprint density at radius 2 is 1.93 bits per heavy atom. The van der Waals surface area contributed by atoms with Crippen LogP contribution in [0.15, 0.2) is 23.4 Å². The van der Waals surface area contributed by atoms with Crippen molar-refractivity contribution in [3.63, 3.8) is 0 Å². The number of hydrogen-bond acceptors (Lipinski definition) is 4. The van der Waals surface area contributed by atoms with E-state index in [0.29, 0.717) is 32.5 Å². The molecule has 2 aromatic heterocycles. The van der Waals surface area contributed by atoms with Gasteiger partial charge in [-0.05, 0) is 32.6 Å². The number of piperidine rings is 1. The molecule has 2 fully saturated rings. The van der Waals surface area contributed by atoms with Gasteiger partial charge in [-0.3, -0.25) is 14.4 Å². The quantitative estimate of drug-likeness (QED) is 0.801. The summed E-state index contributed by atoms with van der Waals surface area (Å²) in [6, 6.07) is 1.45. The van der Waals surface area contributed by atoms with Crippen LogP contribution in [0.4, 0.5) is 0 Å². The molecule has 5 rings (SSSR count). The lowest BCUT2D eigenvalue weighted by molar-refractivity contribution is -0.143. The number of carbonyl (C=O) groups is 2. The van der Waals surface area contributed by atoms with Crippen LogP contribution in [0.5, 0.6) is 0 Å². The van der Waals surface area contributed by atoms with E-state index < -0.39 is 5.54 Å². The molecule has 1 spiro atoms. The zero-order chi connectivity index (χ0) is 20.2. The Balaban J connectivity index is 1.41. The molecular formula is C21H25N5O3. The van der Waals surface area contributed by atoms with E-state index in [1.807, 2.05) is 4.90 Å². The zero-order valence-corrected chi connectivity index (χ0v) is 16.5. The minimum Gasteiger partial charge on any atom is -0.364 e. The van der Waals surface area contributed by atoms with Crippen LogP contribution >= 0.6 is 0 Å². The van der Waals surface area contributed by atoms with Gasteiger partial charge in [0.15, 0.2) is 5.43 Å². The maximum absolute atomic E-state index is 13.0. The first kappa shape index (κ1) is 18.1. The van der Waals surface area contributed by atoms with E-state index in [-0.39, 0.29) is 28.7 Å². The number of aromatic amines is 2. The van der Waals surface area contributed by atoms with E-state index in [1.54, 1.807) is 18.2 Å². The number of aromatic nitrogens is 3. The Hall–Kier alpha value is -2.90. The lowest BCUT2D eigenvalue weighted by Gasteiger charge is -2.50. The smallest absolute Gasteiger partial charge is 0.259 e. The van der Waals surface area contributed by atoms with Gasteiger partial charge < -0.3 is 19.8 Å². The van der Waals surface area contributed by atoms with E-state index in [1.165, 1.54) is 12.3 Å². The average Bonchev–Trinajstić information content (AvgIpc) is 3.45. The maximum atomic E-state index is 13.0. The number of nitrogens with one attached hydrogen (secondary N) is 2. The topological polar surface area (TPSA) is 102 Å². The third-order valence-corrected chi connectivity index (χ3v) is 6.62. The summed E-state index contributed by atoms with van der Waals surface area (Å²) in [7, 11) is 0. The van der Waals surface area contributed by atoms with E-state index in [0.717, 1.165) is 36.3 Å². The minimum atomic E-state index is -0.455. The molecule has 152 valence electrons. The number of likely N-dealkylation sites (tertiary alicyclic amines) is 1. The molecule has 1 aliphatic carbocycles. The number of H-pyrrole nitrogens is 2. The summed E-state index contributed by atoms with van der Waals surface area (Å²) in [5.41, 5.74) is 2.24. The van der Waals surface area contributed by atoms with Gasteiger partial charge in [0.1, 0.15) is 5.56 Å². The van der Waals surface area contributed by atoms with Gasteiger partial charge in [0.05, 0.1) is 17.6 Å². The number of hydrogen-bond donors (Lipinski definition) is 2. The average molecular weight is 395 g/mol. The molecule has 8 nitrogen and oxygen atoms in total. The van der Waals surface area contributed by atoms with E-state index in [4.69, 9.17) is 0 Å². The molecule has 0 atom stereocenters. The van der Waals surface area contributed by atoms with Gasteiger partial charge in [-0.15, -0.1) is 0 Å². The van der Waals surface area contributed by atoms with Crippen molar-refractivity contribution in [1.82, 2.24) is 24.8 Å². The Morgan fingerprint density at radius 3 is 2.62 bits per heavy atom. The molecule has 8 heteroatoms. The highest BCUT2D eigenvalue weighted by atomic mass is 16.2. The van der Waals surface area contributed by atoms with Crippen molar-refractivity contribution in [2.75, 3.05) is 19.6 Å². The second kappa shape index (κ2) is 6.57. The van der Waals surface area contributed by atoms with Crippen molar-refractivity contribution >= 4 is 11.8 Å². The highest BCUT2D eigenvalue weighted by molar-refractivity contribution is 5.94. The van der Waals surface area contributed by atoms with Crippen molar-refractivity contribution in [2.24, 2.45) is 5.92 Å². The molecule has 29 heavy (non-hydrogen) atoms. The van der Waals surface area contributed by atoms with Crippen molar-refractivity contribution in [1.29, 1.82) is 0 Å². The molecule has 2 aromatic rings. The van der Waals surface area contributed by atoms with Crippen LogP contribution < -0.4 is 5.43 Å². The van der Waals surface area contributed by atoms with Gasteiger partial charge in [-0.1, -0.05) is 0 Å². The van der Waals surface area contributed by atoms with Crippen molar-refractivity contribution < 1.29 is 9.59 Å². The molecule has 0 radical (unpaired) electrons. The lowest BCUT2D eigenvalue weighted by atomic mass is 9.78. The predicted octanol–water partition coefficient (Wildman–Crippen LogP) is 1.33. The first-order valence-corrected chi connectivity index (χ1v) is 10.3. The van der Waals surface area contributed by atoms with Crippen LogP contribution in [0.3, 0.4) is 0 Å². The number of imidazole rings is 1. The number of nitrogens with zero attached hydrogens (tertiary/aromatic N) is 3. The summed E-state index contributed by atoms with van der Waals surface area (Å²) in [4.78, 5) is 52.8. The standard InChI is InChI=1S/C21H25N5O3/c1-13-10-17(27)15(11-22-13)20(29)25-8-5-21(6-9-25)18-16(23-12-24-18)4-7-26(21)19(28)14-2-3-14/h10-12,14H,2-9H2,1H3,(H,22,27)(H,23,24). The summed E-state index contributed by atoms with van der Waals surface area (Å²) < 4.78 is 0. The maximum Gasteiger partial charge on any atom is 0.259 e. The second-order valence-electron chi connectivity index (χ2n) is 8.46. The van der Waals surface area contributed by atoms with Gasteiger partial charge in [-0.2, -0.15) is 0 Å². The fraction of sp³-hybridized carbons (Fsp3) is 0.524. The molecule has 0 bridgehead atoms. The third-order valence-electron chi connectivity index (χ3n) is 6.62. The molecular weight excluding hydrogens is 370 g/mol. The summed E-state index contributed by atoms with van der Waals surface area (Å²) in [6.45, 7) is 3.46. The van der Waals surface area contributed by atoms with Crippen LogP contribution in [0.2, 0.25) is 0 Å². The summed E-state index contributed by atoms with van der Waals surface area (Å²) >= 11 is 0. The van der Waals surface area contributed by atoms with Gasteiger partial charge >= 0.3 is 0 Å². The van der Waals surface area contributed by atoms with E-state index in [9.17, 15) is 14.4 Å². The molecule has 2 aliphatic heterocycles. The van der Waals surface area contributed by atoms with Crippen LogP contribution in [-0.4, -0.2) is 56.2 Å². The van der Waals surface area contributed by atoms with E-state index >= 15 is 0 Å². The normalized spacial score (nSPS) is 20.6. The second-order valence-corrected chi connectivity index (χ2v) is 8.46. The predicted molar refractivity (Wildman–Crippen MR) is 105 cm³/mol. The molecule has 2 amide bonds. The fourth-order valence-electron chi connectivity index (χ4n) is 4.85. The summed E-state index contributed by atoms with van der Waals surface area (Å²) in [5, 5.41) is 0. The molecule has 0 aromatic carbocycles. The van der Waals surface area contributed by atoms with Crippen LogP contribution in [0, 0.1) is 12.8 Å². The van der Waals surface area contributed by atoms with Crippen LogP contribution in [0.25, 0.3) is 0 Å². The molecule has 4 heterocycles. The highest BCUT2D eigenvalue weighted by Gasteiger charge is 2.51. The minimum absolute atomic E-state index is 0.151. The summed E-state index contributed by atoms with van der Waals surface area (Å²) in [6.07, 6.45) is 7.22. The first-order valence-electron chi connectivity index (χ1n) is 10.3. The van der Waals surface area contributed by atoms with Crippen molar-refractivity contribution in [3.05, 3.63) is 51.5 Å². The number of pyridine rings is 1. The monoisotopic (exact) mass is 395 g/mol. The van der Waals surface area contributed by atoms with E-state index in [2.05, 4.69) is 15.0 Å². The summed E-state index contributed by atoms with van der Waals surface area (Å²) in [5.74, 6) is 0.130. The number of carbonyl (C=O) groups excluding carboxylic acids is 2. The van der Waals surface area contributed by atoms with Crippen LogP contribution in [0.1, 0.15) is 53.1 Å². The van der Waals surface area contributed by atoms with Gasteiger partial charge in [-0.25, -0.2) is 4.98 Å². The van der Waals surface area contributed by atoms with Crippen molar-refractivity contribution in [2.45, 2.75) is 44.6 Å². The lowest BCUT2D eigenvalue weighted by Crippen LogP contribution is -2.59. The molecule has 1 saturated heterocycles. The fourth-order valence-corrected chi connectivity index (χ4v) is 4.85. The van der Waals surface area contributed by atoms with Crippen LogP contribution in [-0.2, 0) is 16.8 Å². The molecule has 3 aliphatic rings.